The molecule has 8 heteroatoms. The largest absolute Gasteiger partial charge is 0.493 e. The van der Waals surface area contributed by atoms with Crippen LogP contribution in [0.2, 0.25) is 0 Å². The molecular formula is C12H15N3O4S. The molecule has 7 nitrogen and oxygen atoms in total. The summed E-state index contributed by atoms with van der Waals surface area (Å²) in [5.41, 5.74) is 2.87. The normalized spacial score (nSPS) is 10.2. The first kappa shape index (κ1) is 15.7. The monoisotopic (exact) mass is 297 g/mol. The molecule has 0 aromatic heterocycles. The predicted octanol–water partition coefficient (Wildman–Crippen LogP) is 0.830. The van der Waals surface area contributed by atoms with Gasteiger partial charge in [0, 0.05) is 12.6 Å². The molecule has 0 spiro atoms. The van der Waals surface area contributed by atoms with Crippen LogP contribution in [0.15, 0.2) is 17.2 Å². The molecule has 0 bridgehead atoms. The van der Waals surface area contributed by atoms with E-state index in [1.54, 1.807) is 19.2 Å². The van der Waals surface area contributed by atoms with Gasteiger partial charge in [0.25, 0.3) is 0 Å². The molecular weight excluding hydrogens is 282 g/mol. The van der Waals surface area contributed by atoms with Crippen LogP contribution in [-0.4, -0.2) is 43.7 Å². The van der Waals surface area contributed by atoms with Crippen LogP contribution in [0.25, 0.3) is 0 Å². The summed E-state index contributed by atoms with van der Waals surface area (Å²) in [7, 11) is 4.45. The van der Waals surface area contributed by atoms with Crippen LogP contribution in [0, 0.1) is 0 Å². The number of hydrazone groups is 1. The second-order valence-corrected chi connectivity index (χ2v) is 3.93. The van der Waals surface area contributed by atoms with Crippen molar-refractivity contribution in [3.63, 3.8) is 0 Å². The van der Waals surface area contributed by atoms with Crippen molar-refractivity contribution in [1.29, 1.82) is 0 Å². The lowest BCUT2D eigenvalue weighted by Gasteiger charge is -2.12. The van der Waals surface area contributed by atoms with E-state index in [4.69, 9.17) is 21.7 Å². The lowest BCUT2D eigenvalue weighted by atomic mass is 10.1. The summed E-state index contributed by atoms with van der Waals surface area (Å²) in [6.07, 6.45) is 1.34. The van der Waals surface area contributed by atoms with E-state index in [1.807, 2.05) is 0 Å². The van der Waals surface area contributed by atoms with Crippen LogP contribution in [0.3, 0.4) is 0 Å². The highest BCUT2D eigenvalue weighted by Crippen LogP contribution is 2.32. The first-order chi connectivity index (χ1) is 9.54. The Kier molecular flexibility index (Phi) is 5.73. The van der Waals surface area contributed by atoms with Gasteiger partial charge in [-0.3, -0.25) is 5.43 Å². The molecule has 1 aromatic rings. The van der Waals surface area contributed by atoms with E-state index in [2.05, 4.69) is 15.8 Å². The van der Waals surface area contributed by atoms with Gasteiger partial charge in [-0.15, -0.1) is 0 Å². The van der Waals surface area contributed by atoms with E-state index in [-0.39, 0.29) is 11.3 Å². The molecule has 1 aromatic carbocycles. The van der Waals surface area contributed by atoms with Crippen molar-refractivity contribution in [2.45, 2.75) is 0 Å². The number of thiocarbonyl (C=S) groups is 1. The number of benzene rings is 1. The van der Waals surface area contributed by atoms with E-state index in [0.29, 0.717) is 16.4 Å². The van der Waals surface area contributed by atoms with E-state index < -0.39 is 5.97 Å². The zero-order chi connectivity index (χ0) is 15.1. The number of rotatable bonds is 5. The Balaban J connectivity index is 3.19. The summed E-state index contributed by atoms with van der Waals surface area (Å²) in [6, 6.07) is 3.17. The molecule has 0 saturated heterocycles. The molecule has 20 heavy (non-hydrogen) atoms. The quantitative estimate of drug-likeness (QED) is 0.421. The molecule has 0 radical (unpaired) electrons. The molecule has 108 valence electrons. The number of carbonyl (C=O) groups is 1. The SMILES string of the molecule is CNC(=S)N/N=C\c1ccc(OC)c(OC)c1C(=O)O. The second kappa shape index (κ2) is 7.29. The summed E-state index contributed by atoms with van der Waals surface area (Å²) >= 11 is 4.85. The number of aromatic carboxylic acids is 1. The Morgan fingerprint density at radius 3 is 2.60 bits per heavy atom. The molecule has 0 heterocycles. The lowest BCUT2D eigenvalue weighted by Crippen LogP contribution is -2.28. The third-order valence-corrected chi connectivity index (χ3v) is 2.68. The number of hydrogen-bond acceptors (Lipinski definition) is 5. The Bertz CT molecular complexity index is 546. The van der Waals surface area contributed by atoms with Gasteiger partial charge in [-0.2, -0.15) is 5.10 Å². The van der Waals surface area contributed by atoms with Gasteiger partial charge in [-0.05, 0) is 24.4 Å². The number of carboxylic acid groups (broad SMARTS) is 1. The average molecular weight is 297 g/mol. The highest BCUT2D eigenvalue weighted by atomic mass is 32.1. The smallest absolute Gasteiger partial charge is 0.340 e. The van der Waals surface area contributed by atoms with Crippen molar-refractivity contribution in [2.75, 3.05) is 21.3 Å². The highest BCUT2D eigenvalue weighted by molar-refractivity contribution is 7.80. The molecule has 0 fully saturated rings. The minimum Gasteiger partial charge on any atom is -0.493 e. The topological polar surface area (TPSA) is 92.2 Å². The Morgan fingerprint density at radius 2 is 2.10 bits per heavy atom. The van der Waals surface area contributed by atoms with Gasteiger partial charge in [-0.1, -0.05) is 0 Å². The summed E-state index contributed by atoms with van der Waals surface area (Å²) < 4.78 is 10.2. The highest BCUT2D eigenvalue weighted by Gasteiger charge is 2.19. The maximum Gasteiger partial charge on any atom is 0.340 e. The summed E-state index contributed by atoms with van der Waals surface area (Å²) in [5, 5.41) is 16.1. The number of nitrogens with zero attached hydrogens (tertiary/aromatic N) is 1. The number of carboxylic acids is 1. The number of ether oxygens (including phenoxy) is 2. The zero-order valence-electron chi connectivity index (χ0n) is 11.3. The zero-order valence-corrected chi connectivity index (χ0v) is 12.1. The third-order valence-electron chi connectivity index (χ3n) is 2.39. The van der Waals surface area contributed by atoms with Crippen molar-refractivity contribution in [3.8, 4) is 11.5 Å². The van der Waals surface area contributed by atoms with Gasteiger partial charge >= 0.3 is 5.97 Å². The van der Waals surface area contributed by atoms with Crippen molar-refractivity contribution >= 4 is 29.5 Å². The summed E-state index contributed by atoms with van der Waals surface area (Å²) in [5.74, 6) is -0.667. The van der Waals surface area contributed by atoms with Gasteiger partial charge in [0.1, 0.15) is 5.56 Å². The van der Waals surface area contributed by atoms with E-state index in [0.717, 1.165) is 0 Å². The number of nitrogens with one attached hydrogen (secondary N) is 2. The van der Waals surface area contributed by atoms with Crippen LogP contribution < -0.4 is 20.2 Å². The number of hydrogen-bond donors (Lipinski definition) is 3. The fourth-order valence-electron chi connectivity index (χ4n) is 1.49. The molecule has 1 rings (SSSR count). The van der Waals surface area contributed by atoms with Gasteiger partial charge in [0.05, 0.1) is 20.4 Å². The first-order valence-corrected chi connectivity index (χ1v) is 5.95. The molecule has 0 aliphatic heterocycles. The van der Waals surface area contributed by atoms with Crippen LogP contribution in [-0.2, 0) is 0 Å². The van der Waals surface area contributed by atoms with Gasteiger partial charge in [-0.25, -0.2) is 4.79 Å². The van der Waals surface area contributed by atoms with Gasteiger partial charge < -0.3 is 19.9 Å². The maximum absolute atomic E-state index is 11.4. The van der Waals surface area contributed by atoms with Gasteiger partial charge in [0.2, 0.25) is 0 Å². The predicted molar refractivity (Wildman–Crippen MR) is 78.9 cm³/mol. The van der Waals surface area contributed by atoms with Crippen molar-refractivity contribution in [2.24, 2.45) is 5.10 Å². The van der Waals surface area contributed by atoms with Gasteiger partial charge in [0.15, 0.2) is 16.6 Å². The average Bonchev–Trinajstić information content (AvgIpc) is 2.45. The Labute approximate surface area is 121 Å². The fourth-order valence-corrected chi connectivity index (χ4v) is 1.54. The fraction of sp³-hybridized carbons (Fsp3) is 0.250. The molecule has 0 aliphatic carbocycles. The van der Waals surface area contributed by atoms with Crippen LogP contribution in [0.1, 0.15) is 15.9 Å². The molecule has 0 amide bonds. The van der Waals surface area contributed by atoms with Crippen LogP contribution in [0.5, 0.6) is 11.5 Å². The summed E-state index contributed by atoms with van der Waals surface area (Å²) in [6.45, 7) is 0. The van der Waals surface area contributed by atoms with Crippen molar-refractivity contribution < 1.29 is 19.4 Å². The van der Waals surface area contributed by atoms with E-state index >= 15 is 0 Å². The minimum atomic E-state index is -1.14. The molecule has 0 aliphatic rings. The molecule has 3 N–H and O–H groups in total. The van der Waals surface area contributed by atoms with Crippen molar-refractivity contribution in [3.05, 3.63) is 23.3 Å². The molecule has 0 unspecified atom stereocenters. The Morgan fingerprint density at radius 1 is 1.40 bits per heavy atom. The lowest BCUT2D eigenvalue weighted by molar-refractivity contribution is 0.0692. The summed E-state index contributed by atoms with van der Waals surface area (Å²) in [4.78, 5) is 11.4. The van der Waals surface area contributed by atoms with Crippen molar-refractivity contribution in [1.82, 2.24) is 10.7 Å². The number of methoxy groups -OCH3 is 2. The third kappa shape index (κ3) is 3.58. The van der Waals surface area contributed by atoms with E-state index in [9.17, 15) is 9.90 Å². The van der Waals surface area contributed by atoms with Crippen LogP contribution >= 0.6 is 12.2 Å². The van der Waals surface area contributed by atoms with Crippen LogP contribution in [0.4, 0.5) is 0 Å². The maximum atomic E-state index is 11.4. The molecule has 0 saturated carbocycles. The second-order valence-electron chi connectivity index (χ2n) is 3.52. The minimum absolute atomic E-state index is 0.0345. The van der Waals surface area contributed by atoms with E-state index in [1.165, 1.54) is 20.4 Å². The standard InChI is InChI=1S/C12H15N3O4S/c1-13-12(20)15-14-6-7-4-5-8(18-2)10(19-3)9(7)11(16)17/h4-6H,1-3H3,(H,16,17)(H2,13,15,20)/b14-6-. The Hall–Kier alpha value is -2.35. The molecule has 0 atom stereocenters. The first-order valence-electron chi connectivity index (χ1n) is 5.54.